The molecule has 86 valence electrons. The molecule has 0 saturated carbocycles. The van der Waals surface area contributed by atoms with Gasteiger partial charge in [-0.05, 0) is 6.42 Å². The lowest BCUT2D eigenvalue weighted by atomic mass is 10.1. The number of hydrogen-bond donors (Lipinski definition) is 0. The van der Waals surface area contributed by atoms with Gasteiger partial charge in [-0.3, -0.25) is 4.79 Å². The van der Waals surface area contributed by atoms with Crippen molar-refractivity contribution in [3.05, 3.63) is 22.8 Å². The first kappa shape index (κ1) is 11.2. The third kappa shape index (κ3) is 2.11. The summed E-state index contributed by atoms with van der Waals surface area (Å²) < 4.78 is 5.39. The number of ether oxygens (including phenoxy) is 1. The van der Waals surface area contributed by atoms with Crippen molar-refractivity contribution in [1.82, 2.24) is 9.97 Å². The van der Waals surface area contributed by atoms with Gasteiger partial charge >= 0.3 is 0 Å². The Balaban J connectivity index is 2.50. The summed E-state index contributed by atoms with van der Waals surface area (Å²) in [7, 11) is 0. The van der Waals surface area contributed by atoms with Gasteiger partial charge in [0.2, 0.25) is 0 Å². The average Bonchev–Trinajstić information content (AvgIpc) is 2.52. The molecule has 4 nitrogen and oxygen atoms in total. The van der Waals surface area contributed by atoms with Crippen molar-refractivity contribution in [2.75, 3.05) is 13.2 Å². The summed E-state index contributed by atoms with van der Waals surface area (Å²) in [5.41, 5.74) is 2.49. The number of aromatic nitrogens is 2. The van der Waals surface area contributed by atoms with Gasteiger partial charge in [-0.2, -0.15) is 0 Å². The Kier molecular flexibility index (Phi) is 3.29. The Hall–Kier alpha value is -1.29. The molecule has 0 aromatic carbocycles. The Bertz CT molecular complexity index is 402. The van der Waals surface area contributed by atoms with E-state index in [9.17, 15) is 4.79 Å². The molecule has 0 spiro atoms. The van der Waals surface area contributed by atoms with Crippen molar-refractivity contribution >= 4 is 6.29 Å². The molecule has 1 aliphatic heterocycles. The minimum absolute atomic E-state index is 0.244. The predicted molar refractivity (Wildman–Crippen MR) is 59.7 cm³/mol. The Labute approximate surface area is 95.1 Å². The van der Waals surface area contributed by atoms with E-state index >= 15 is 0 Å². The van der Waals surface area contributed by atoms with E-state index in [1.54, 1.807) is 0 Å². The smallest absolute Gasteiger partial charge is 0.168 e. The lowest BCUT2D eigenvalue weighted by molar-refractivity contribution is 0.111. The van der Waals surface area contributed by atoms with Crippen LogP contribution >= 0.6 is 0 Å². The van der Waals surface area contributed by atoms with Gasteiger partial charge in [-0.1, -0.05) is 13.8 Å². The zero-order valence-corrected chi connectivity index (χ0v) is 9.69. The number of hydrogen-bond acceptors (Lipinski definition) is 4. The van der Waals surface area contributed by atoms with Crippen LogP contribution in [0.15, 0.2) is 0 Å². The molecular formula is C12H16N2O2. The van der Waals surface area contributed by atoms with Crippen LogP contribution in [0, 0.1) is 0 Å². The fourth-order valence-electron chi connectivity index (χ4n) is 1.85. The van der Waals surface area contributed by atoms with E-state index in [-0.39, 0.29) is 5.92 Å². The van der Waals surface area contributed by atoms with Crippen LogP contribution in [-0.4, -0.2) is 29.5 Å². The quantitative estimate of drug-likeness (QED) is 0.709. The zero-order chi connectivity index (χ0) is 11.5. The van der Waals surface area contributed by atoms with Gasteiger partial charge in [-0.15, -0.1) is 0 Å². The number of fused-ring (bicyclic) bond motifs is 1. The number of carbonyl (C=O) groups is 1. The van der Waals surface area contributed by atoms with Gasteiger partial charge < -0.3 is 4.74 Å². The molecule has 2 rings (SSSR count). The predicted octanol–water partition coefficient (Wildman–Crippen LogP) is 1.53. The average molecular weight is 220 g/mol. The highest BCUT2D eigenvalue weighted by Gasteiger charge is 2.17. The van der Waals surface area contributed by atoms with Crippen LogP contribution in [0.2, 0.25) is 0 Å². The molecule has 2 heterocycles. The van der Waals surface area contributed by atoms with E-state index in [0.717, 1.165) is 36.2 Å². The van der Waals surface area contributed by atoms with Gasteiger partial charge in [0, 0.05) is 17.9 Å². The third-order valence-electron chi connectivity index (χ3n) is 2.75. The molecular weight excluding hydrogens is 204 g/mol. The molecule has 16 heavy (non-hydrogen) atoms. The van der Waals surface area contributed by atoms with Crippen molar-refractivity contribution in [1.29, 1.82) is 0 Å². The molecule has 0 aliphatic carbocycles. The van der Waals surface area contributed by atoms with Gasteiger partial charge in [0.25, 0.3) is 0 Å². The minimum Gasteiger partial charge on any atom is -0.381 e. The van der Waals surface area contributed by atoms with Crippen LogP contribution in [0.3, 0.4) is 0 Å². The Morgan fingerprint density at radius 3 is 2.69 bits per heavy atom. The lowest BCUT2D eigenvalue weighted by Gasteiger charge is -2.11. The first-order valence-corrected chi connectivity index (χ1v) is 5.65. The SMILES string of the molecule is CC(C)c1nc(C=O)c2c(n1)CCOCC2. The molecule has 0 saturated heterocycles. The number of rotatable bonds is 2. The monoisotopic (exact) mass is 220 g/mol. The van der Waals surface area contributed by atoms with Crippen LogP contribution in [0.4, 0.5) is 0 Å². The minimum atomic E-state index is 0.244. The largest absolute Gasteiger partial charge is 0.381 e. The summed E-state index contributed by atoms with van der Waals surface area (Å²) >= 11 is 0. The van der Waals surface area contributed by atoms with Crippen molar-refractivity contribution in [3.63, 3.8) is 0 Å². The molecule has 1 aliphatic rings. The second-order valence-corrected chi connectivity index (χ2v) is 4.28. The molecule has 0 amide bonds. The highest BCUT2D eigenvalue weighted by atomic mass is 16.5. The number of aldehydes is 1. The molecule has 0 atom stereocenters. The van der Waals surface area contributed by atoms with Crippen molar-refractivity contribution < 1.29 is 9.53 Å². The van der Waals surface area contributed by atoms with Gasteiger partial charge in [-0.25, -0.2) is 9.97 Å². The standard InChI is InChI=1S/C12H16N2O2/c1-8(2)12-13-10-4-6-16-5-3-9(10)11(7-15)14-12/h7-8H,3-6H2,1-2H3. The maximum Gasteiger partial charge on any atom is 0.168 e. The number of nitrogens with zero attached hydrogens (tertiary/aromatic N) is 2. The van der Waals surface area contributed by atoms with Crippen LogP contribution in [0.25, 0.3) is 0 Å². The summed E-state index contributed by atoms with van der Waals surface area (Å²) in [6, 6.07) is 0. The topological polar surface area (TPSA) is 52.1 Å². The highest BCUT2D eigenvalue weighted by Crippen LogP contribution is 2.18. The van der Waals surface area contributed by atoms with Crippen LogP contribution < -0.4 is 0 Å². The number of carbonyl (C=O) groups excluding carboxylic acids is 1. The van der Waals surface area contributed by atoms with Crippen molar-refractivity contribution in [3.8, 4) is 0 Å². The Morgan fingerprint density at radius 2 is 2.00 bits per heavy atom. The molecule has 0 bridgehead atoms. The summed E-state index contributed by atoms with van der Waals surface area (Å²) in [6.07, 6.45) is 2.35. The first-order chi connectivity index (χ1) is 7.72. The van der Waals surface area contributed by atoms with Crippen molar-refractivity contribution in [2.45, 2.75) is 32.6 Å². The molecule has 0 N–H and O–H groups in total. The fraction of sp³-hybridized carbons (Fsp3) is 0.583. The molecule has 1 aromatic heterocycles. The molecule has 1 aromatic rings. The summed E-state index contributed by atoms with van der Waals surface area (Å²) in [6.45, 7) is 5.39. The van der Waals surface area contributed by atoms with Gasteiger partial charge in [0.15, 0.2) is 6.29 Å². The first-order valence-electron chi connectivity index (χ1n) is 5.65. The zero-order valence-electron chi connectivity index (χ0n) is 9.69. The van der Waals surface area contributed by atoms with E-state index in [1.165, 1.54) is 0 Å². The summed E-state index contributed by atoms with van der Waals surface area (Å²) in [5, 5.41) is 0. The second-order valence-electron chi connectivity index (χ2n) is 4.28. The summed E-state index contributed by atoms with van der Waals surface area (Å²) in [4.78, 5) is 19.9. The molecule has 4 heteroatoms. The van der Waals surface area contributed by atoms with Crippen molar-refractivity contribution in [2.24, 2.45) is 0 Å². The highest BCUT2D eigenvalue weighted by molar-refractivity contribution is 5.74. The molecule has 0 unspecified atom stereocenters. The van der Waals surface area contributed by atoms with Crippen LogP contribution in [0.5, 0.6) is 0 Å². The van der Waals surface area contributed by atoms with E-state index < -0.39 is 0 Å². The summed E-state index contributed by atoms with van der Waals surface area (Å²) in [5.74, 6) is 0.996. The fourth-order valence-corrected chi connectivity index (χ4v) is 1.85. The molecule has 0 radical (unpaired) electrons. The van der Waals surface area contributed by atoms with E-state index in [1.807, 2.05) is 13.8 Å². The lowest BCUT2D eigenvalue weighted by Crippen LogP contribution is -2.10. The maximum absolute atomic E-state index is 11.0. The normalized spacial score (nSPS) is 15.7. The van der Waals surface area contributed by atoms with Crippen LogP contribution in [0.1, 0.15) is 47.3 Å². The van der Waals surface area contributed by atoms with E-state index in [2.05, 4.69) is 9.97 Å². The third-order valence-corrected chi connectivity index (χ3v) is 2.75. The Morgan fingerprint density at radius 1 is 1.25 bits per heavy atom. The molecule has 0 fully saturated rings. The second kappa shape index (κ2) is 4.70. The maximum atomic E-state index is 11.0. The van der Waals surface area contributed by atoms with Gasteiger partial charge in [0.05, 0.1) is 18.9 Å². The van der Waals surface area contributed by atoms with E-state index in [0.29, 0.717) is 18.9 Å². The van der Waals surface area contributed by atoms with Crippen LogP contribution in [-0.2, 0) is 17.6 Å². The van der Waals surface area contributed by atoms with Gasteiger partial charge in [0.1, 0.15) is 11.5 Å². The van der Waals surface area contributed by atoms with E-state index in [4.69, 9.17) is 4.74 Å².